The lowest BCUT2D eigenvalue weighted by Gasteiger charge is -2.24. The number of H-pyrrole nitrogens is 1. The Morgan fingerprint density at radius 1 is 1.19 bits per heavy atom. The second kappa shape index (κ2) is 8.48. The first kappa shape index (κ1) is 24.2. The van der Waals surface area contributed by atoms with Crippen LogP contribution in [0.2, 0.25) is 10.2 Å². The zero-order valence-electron chi connectivity index (χ0n) is 17.7. The van der Waals surface area contributed by atoms with E-state index < -0.39 is 17.7 Å². The van der Waals surface area contributed by atoms with Crippen LogP contribution in [0.15, 0.2) is 18.3 Å². The van der Waals surface area contributed by atoms with E-state index >= 15 is 0 Å². The maximum absolute atomic E-state index is 12.6. The minimum atomic E-state index is -4.79. The van der Waals surface area contributed by atoms with Crippen LogP contribution in [0.25, 0.3) is 10.9 Å². The maximum Gasteiger partial charge on any atom is 0.573 e. The van der Waals surface area contributed by atoms with Crippen molar-refractivity contribution >= 4 is 40.1 Å². The highest BCUT2D eigenvalue weighted by Gasteiger charge is 2.32. The largest absolute Gasteiger partial charge is 0.573 e. The molecule has 2 aromatic heterocycles. The molecule has 0 aliphatic carbocycles. The molecular weight excluding hydrogens is 468 g/mol. The van der Waals surface area contributed by atoms with Crippen LogP contribution in [0, 0.1) is 6.92 Å². The molecule has 0 amide bonds. The van der Waals surface area contributed by atoms with E-state index in [0.717, 1.165) is 5.56 Å². The summed E-state index contributed by atoms with van der Waals surface area (Å²) in [6.45, 7) is 7.33. The van der Waals surface area contributed by atoms with Crippen molar-refractivity contribution in [2.45, 2.75) is 52.3 Å². The SMILES string of the molecule is Cc1cc(OC(F)(F)F)cc2[nH]cc(Cc3c(Cl)nc(C(C)(C)C)c(CC(=O)O)c3Cl)c12. The zero-order valence-corrected chi connectivity index (χ0v) is 19.3. The minimum absolute atomic E-state index is 0.151. The number of ether oxygens (including phenoxy) is 1. The van der Waals surface area contributed by atoms with E-state index in [1.54, 1.807) is 13.1 Å². The number of hydrogen-bond donors (Lipinski definition) is 2. The molecule has 172 valence electrons. The number of nitrogens with one attached hydrogen (secondary N) is 1. The first-order valence-electron chi connectivity index (χ1n) is 9.62. The molecule has 0 radical (unpaired) electrons. The van der Waals surface area contributed by atoms with Crippen LogP contribution in [0.1, 0.15) is 48.7 Å². The Balaban J connectivity index is 2.10. The predicted molar refractivity (Wildman–Crippen MR) is 117 cm³/mol. The summed E-state index contributed by atoms with van der Waals surface area (Å²) >= 11 is 13.1. The summed E-state index contributed by atoms with van der Waals surface area (Å²) in [5.74, 6) is -1.38. The Kier molecular flexibility index (Phi) is 6.41. The van der Waals surface area contributed by atoms with Gasteiger partial charge >= 0.3 is 12.3 Å². The average molecular weight is 489 g/mol. The van der Waals surface area contributed by atoms with Crippen molar-refractivity contribution in [3.05, 3.63) is 56.5 Å². The normalized spacial score (nSPS) is 12.4. The van der Waals surface area contributed by atoms with Crippen molar-refractivity contribution in [2.75, 3.05) is 0 Å². The Hall–Kier alpha value is -2.45. The van der Waals surface area contributed by atoms with Gasteiger partial charge in [0.25, 0.3) is 0 Å². The third-order valence-electron chi connectivity index (χ3n) is 4.95. The average Bonchev–Trinajstić information content (AvgIpc) is 3.01. The van der Waals surface area contributed by atoms with Crippen LogP contribution in [-0.2, 0) is 23.1 Å². The van der Waals surface area contributed by atoms with Gasteiger partial charge in [-0.05, 0) is 24.1 Å². The fourth-order valence-corrected chi connectivity index (χ4v) is 4.35. The van der Waals surface area contributed by atoms with Gasteiger partial charge in [0, 0.05) is 46.1 Å². The second-order valence-corrected chi connectivity index (χ2v) is 9.28. The number of halogens is 5. The monoisotopic (exact) mass is 488 g/mol. The van der Waals surface area contributed by atoms with Crippen molar-refractivity contribution in [2.24, 2.45) is 0 Å². The summed E-state index contributed by atoms with van der Waals surface area (Å²) < 4.78 is 41.8. The molecule has 0 unspecified atom stereocenters. The van der Waals surface area contributed by atoms with Gasteiger partial charge in [0.2, 0.25) is 0 Å². The molecule has 32 heavy (non-hydrogen) atoms. The Morgan fingerprint density at radius 2 is 1.84 bits per heavy atom. The summed E-state index contributed by atoms with van der Waals surface area (Å²) in [6, 6.07) is 2.56. The van der Waals surface area contributed by atoms with Crippen LogP contribution in [-0.4, -0.2) is 27.4 Å². The molecule has 5 nitrogen and oxygen atoms in total. The van der Waals surface area contributed by atoms with Gasteiger partial charge in [-0.25, -0.2) is 4.98 Å². The molecule has 2 heterocycles. The number of carbonyl (C=O) groups is 1. The summed E-state index contributed by atoms with van der Waals surface area (Å²) in [5, 5.41) is 10.4. The molecule has 0 saturated carbocycles. The minimum Gasteiger partial charge on any atom is -0.481 e. The van der Waals surface area contributed by atoms with E-state index in [1.165, 1.54) is 12.1 Å². The number of aromatic nitrogens is 2. The van der Waals surface area contributed by atoms with Crippen molar-refractivity contribution in [1.29, 1.82) is 0 Å². The quantitative estimate of drug-likeness (QED) is 0.397. The number of aromatic amines is 1. The highest BCUT2D eigenvalue weighted by atomic mass is 35.5. The lowest BCUT2D eigenvalue weighted by Crippen LogP contribution is -2.20. The number of nitrogens with zero attached hydrogens (tertiary/aromatic N) is 1. The molecule has 2 N–H and O–H groups in total. The van der Waals surface area contributed by atoms with Gasteiger partial charge in [0.1, 0.15) is 10.9 Å². The van der Waals surface area contributed by atoms with Crippen LogP contribution >= 0.6 is 23.2 Å². The maximum atomic E-state index is 12.6. The molecule has 0 atom stereocenters. The fraction of sp³-hybridized carbons (Fsp3) is 0.364. The molecule has 0 saturated heterocycles. The number of aryl methyl sites for hydroxylation is 1. The molecule has 0 aliphatic heterocycles. The predicted octanol–water partition coefficient (Wildman–Crippen LogP) is 6.59. The van der Waals surface area contributed by atoms with Crippen molar-refractivity contribution in [1.82, 2.24) is 9.97 Å². The summed E-state index contributed by atoms with van der Waals surface area (Å²) in [5.41, 5.74) is 2.61. The molecule has 0 spiro atoms. The van der Waals surface area contributed by atoms with Gasteiger partial charge in [-0.2, -0.15) is 0 Å². The number of carboxylic acids is 1. The van der Waals surface area contributed by atoms with Crippen LogP contribution in [0.5, 0.6) is 5.75 Å². The van der Waals surface area contributed by atoms with Crippen LogP contribution in [0.4, 0.5) is 13.2 Å². The molecule has 0 bridgehead atoms. The first-order chi connectivity index (χ1) is 14.7. The molecule has 0 aliphatic rings. The lowest BCUT2D eigenvalue weighted by atomic mass is 9.86. The van der Waals surface area contributed by atoms with Crippen molar-refractivity contribution in [3.63, 3.8) is 0 Å². The highest BCUT2D eigenvalue weighted by Crippen LogP contribution is 2.38. The number of rotatable bonds is 5. The fourth-order valence-electron chi connectivity index (χ4n) is 3.75. The third-order valence-corrected chi connectivity index (χ3v) is 5.71. The van der Waals surface area contributed by atoms with Gasteiger partial charge in [0.15, 0.2) is 0 Å². The second-order valence-electron chi connectivity index (χ2n) is 8.54. The van der Waals surface area contributed by atoms with Crippen molar-refractivity contribution in [3.8, 4) is 5.75 Å². The van der Waals surface area contributed by atoms with Crippen LogP contribution < -0.4 is 4.74 Å². The number of pyridine rings is 1. The number of alkyl halides is 3. The van der Waals surface area contributed by atoms with Crippen LogP contribution in [0.3, 0.4) is 0 Å². The first-order valence-corrected chi connectivity index (χ1v) is 10.4. The highest BCUT2D eigenvalue weighted by molar-refractivity contribution is 6.36. The molecule has 3 aromatic rings. The van der Waals surface area contributed by atoms with Gasteiger partial charge in [0.05, 0.1) is 17.1 Å². The van der Waals surface area contributed by atoms with Gasteiger partial charge < -0.3 is 14.8 Å². The number of benzene rings is 1. The van der Waals surface area contributed by atoms with Gasteiger partial charge in [-0.3, -0.25) is 4.79 Å². The Labute approximate surface area is 192 Å². The summed E-state index contributed by atoms with van der Waals surface area (Å²) in [6.07, 6.45) is -3.25. The van der Waals surface area contributed by atoms with Crippen molar-refractivity contribution < 1.29 is 27.8 Å². The van der Waals surface area contributed by atoms with E-state index in [-0.39, 0.29) is 28.8 Å². The van der Waals surface area contributed by atoms with E-state index in [1.807, 2.05) is 20.8 Å². The smallest absolute Gasteiger partial charge is 0.481 e. The number of carboxylic acid groups (broad SMARTS) is 1. The third kappa shape index (κ3) is 5.13. The summed E-state index contributed by atoms with van der Waals surface area (Å²) in [4.78, 5) is 18.9. The van der Waals surface area contributed by atoms with E-state index in [4.69, 9.17) is 23.2 Å². The zero-order chi connectivity index (χ0) is 24.0. The van der Waals surface area contributed by atoms with Gasteiger partial charge in [-0.15, -0.1) is 13.2 Å². The number of fused-ring (bicyclic) bond motifs is 1. The van der Waals surface area contributed by atoms with Gasteiger partial charge in [-0.1, -0.05) is 44.0 Å². The molecule has 0 fully saturated rings. The Bertz CT molecular complexity index is 1200. The standard InChI is InChI=1S/C22H21Cl2F3N2O3/c1-10-5-12(32-22(25,26)27)7-15-17(10)11(9-28-15)6-14-18(23)13(8-16(30)31)19(21(2,3)4)29-20(14)24/h5,7,9,28H,6,8H2,1-4H3,(H,30,31). The topological polar surface area (TPSA) is 75.2 Å². The Morgan fingerprint density at radius 3 is 2.41 bits per heavy atom. The van der Waals surface area contributed by atoms with E-state index in [9.17, 15) is 23.1 Å². The molecule has 3 rings (SSSR count). The number of hydrogen-bond acceptors (Lipinski definition) is 3. The molecule has 1 aromatic carbocycles. The summed E-state index contributed by atoms with van der Waals surface area (Å²) in [7, 11) is 0. The van der Waals surface area contributed by atoms with E-state index in [2.05, 4.69) is 14.7 Å². The molecular formula is C22H21Cl2F3N2O3. The van der Waals surface area contributed by atoms with E-state index in [0.29, 0.717) is 33.3 Å². The lowest BCUT2D eigenvalue weighted by molar-refractivity contribution is -0.274. The number of aliphatic carboxylic acids is 1. The molecule has 10 heteroatoms.